The van der Waals surface area contributed by atoms with Crippen LogP contribution in [0.15, 0.2) is 24.3 Å². The fraction of sp³-hybridized carbons (Fsp3) is 0.417. The van der Waals surface area contributed by atoms with Crippen LogP contribution in [-0.2, 0) is 4.74 Å². The van der Waals surface area contributed by atoms with Crippen LogP contribution in [0.2, 0.25) is 0 Å². The SMILES string of the molecule is COc1cccc(C(O)CNCCOC(N)=O)c1. The van der Waals surface area contributed by atoms with E-state index in [1.54, 1.807) is 13.2 Å². The number of nitrogens with two attached hydrogens (primary N) is 1. The van der Waals surface area contributed by atoms with Crippen molar-refractivity contribution >= 4 is 6.09 Å². The topological polar surface area (TPSA) is 93.8 Å². The minimum atomic E-state index is -0.801. The van der Waals surface area contributed by atoms with Gasteiger partial charge < -0.3 is 25.6 Å². The van der Waals surface area contributed by atoms with Crippen LogP contribution in [0.3, 0.4) is 0 Å². The standard InChI is InChI=1S/C12H18N2O4/c1-17-10-4-2-3-9(7-10)11(15)8-14-5-6-18-12(13)16/h2-4,7,11,14-15H,5-6,8H2,1H3,(H2,13,16). The molecule has 1 aromatic carbocycles. The average Bonchev–Trinajstić information content (AvgIpc) is 2.37. The molecule has 6 heteroatoms. The Balaban J connectivity index is 2.31. The van der Waals surface area contributed by atoms with Crippen molar-refractivity contribution in [1.29, 1.82) is 0 Å². The number of carbonyl (C=O) groups is 1. The van der Waals surface area contributed by atoms with Crippen molar-refractivity contribution in [2.45, 2.75) is 6.10 Å². The van der Waals surface area contributed by atoms with Crippen molar-refractivity contribution in [3.63, 3.8) is 0 Å². The maximum absolute atomic E-state index is 10.3. The Morgan fingerprint density at radius 3 is 3.00 bits per heavy atom. The van der Waals surface area contributed by atoms with Crippen LogP contribution < -0.4 is 15.8 Å². The van der Waals surface area contributed by atoms with E-state index in [1.165, 1.54) is 0 Å². The first-order valence-electron chi connectivity index (χ1n) is 5.58. The molecule has 1 rings (SSSR count). The first kappa shape index (κ1) is 14.3. The first-order valence-corrected chi connectivity index (χ1v) is 5.58. The van der Waals surface area contributed by atoms with Crippen LogP contribution in [0.5, 0.6) is 5.75 Å². The summed E-state index contributed by atoms with van der Waals surface area (Å²) < 4.78 is 9.61. The smallest absolute Gasteiger partial charge is 0.404 e. The average molecular weight is 254 g/mol. The normalized spacial score (nSPS) is 11.9. The highest BCUT2D eigenvalue weighted by Crippen LogP contribution is 2.18. The molecule has 0 saturated carbocycles. The Morgan fingerprint density at radius 1 is 1.56 bits per heavy atom. The van der Waals surface area contributed by atoms with Gasteiger partial charge in [-0.2, -0.15) is 0 Å². The zero-order chi connectivity index (χ0) is 13.4. The molecule has 1 aromatic rings. The van der Waals surface area contributed by atoms with E-state index in [9.17, 15) is 9.90 Å². The van der Waals surface area contributed by atoms with E-state index < -0.39 is 12.2 Å². The van der Waals surface area contributed by atoms with Crippen LogP contribution in [-0.4, -0.2) is 38.0 Å². The van der Waals surface area contributed by atoms with E-state index in [2.05, 4.69) is 10.1 Å². The predicted molar refractivity (Wildman–Crippen MR) is 66.4 cm³/mol. The Bertz CT molecular complexity index is 384. The summed E-state index contributed by atoms with van der Waals surface area (Å²) in [7, 11) is 1.57. The molecule has 1 amide bonds. The van der Waals surface area contributed by atoms with Gasteiger partial charge in [0.15, 0.2) is 0 Å². The summed E-state index contributed by atoms with van der Waals surface area (Å²) in [6, 6.07) is 7.21. The van der Waals surface area contributed by atoms with Gasteiger partial charge in [0.1, 0.15) is 12.4 Å². The molecule has 4 N–H and O–H groups in total. The van der Waals surface area contributed by atoms with Crippen molar-refractivity contribution in [3.05, 3.63) is 29.8 Å². The number of hydrogen-bond donors (Lipinski definition) is 3. The summed E-state index contributed by atoms with van der Waals surface area (Å²) in [6.07, 6.45) is -1.45. The minimum Gasteiger partial charge on any atom is -0.497 e. The second-order valence-electron chi connectivity index (χ2n) is 3.66. The highest BCUT2D eigenvalue weighted by atomic mass is 16.5. The largest absolute Gasteiger partial charge is 0.497 e. The van der Waals surface area contributed by atoms with Crippen LogP contribution in [0.1, 0.15) is 11.7 Å². The molecule has 0 fully saturated rings. The van der Waals surface area contributed by atoms with Gasteiger partial charge in [-0.25, -0.2) is 4.79 Å². The molecular formula is C12H18N2O4. The number of ether oxygens (including phenoxy) is 2. The lowest BCUT2D eigenvalue weighted by molar-refractivity contribution is 0.149. The molecule has 0 aromatic heterocycles. The molecule has 6 nitrogen and oxygen atoms in total. The molecule has 100 valence electrons. The summed E-state index contributed by atoms with van der Waals surface area (Å²) in [5.41, 5.74) is 5.57. The Hall–Kier alpha value is -1.79. The van der Waals surface area contributed by atoms with Gasteiger partial charge in [0.2, 0.25) is 0 Å². The zero-order valence-electron chi connectivity index (χ0n) is 10.3. The van der Waals surface area contributed by atoms with Crippen LogP contribution >= 0.6 is 0 Å². The van der Waals surface area contributed by atoms with Gasteiger partial charge in [-0.15, -0.1) is 0 Å². The Kier molecular flexibility index (Phi) is 5.96. The number of hydrogen-bond acceptors (Lipinski definition) is 5. The van der Waals surface area contributed by atoms with E-state index >= 15 is 0 Å². The van der Waals surface area contributed by atoms with Gasteiger partial charge in [-0.3, -0.25) is 0 Å². The van der Waals surface area contributed by atoms with E-state index in [0.29, 0.717) is 18.8 Å². The quantitative estimate of drug-likeness (QED) is 0.613. The highest BCUT2D eigenvalue weighted by Gasteiger charge is 2.07. The maximum atomic E-state index is 10.3. The number of nitrogens with one attached hydrogen (secondary N) is 1. The van der Waals surface area contributed by atoms with Crippen molar-refractivity contribution in [2.75, 3.05) is 26.8 Å². The number of amides is 1. The van der Waals surface area contributed by atoms with E-state index in [4.69, 9.17) is 10.5 Å². The number of aliphatic hydroxyl groups is 1. The Labute approximate surface area is 106 Å². The molecule has 0 heterocycles. The van der Waals surface area contributed by atoms with Crippen molar-refractivity contribution in [2.24, 2.45) is 5.73 Å². The number of carbonyl (C=O) groups excluding carboxylic acids is 1. The number of aliphatic hydroxyl groups excluding tert-OH is 1. The molecule has 0 aliphatic rings. The van der Waals surface area contributed by atoms with Crippen LogP contribution in [0.4, 0.5) is 4.79 Å². The minimum absolute atomic E-state index is 0.181. The summed E-state index contributed by atoms with van der Waals surface area (Å²) >= 11 is 0. The molecule has 0 aliphatic carbocycles. The molecule has 0 saturated heterocycles. The van der Waals surface area contributed by atoms with E-state index in [0.717, 1.165) is 5.56 Å². The van der Waals surface area contributed by atoms with Gasteiger partial charge in [-0.1, -0.05) is 12.1 Å². The first-order chi connectivity index (χ1) is 8.63. The molecule has 1 atom stereocenters. The second-order valence-corrected chi connectivity index (χ2v) is 3.66. The predicted octanol–water partition coefficient (Wildman–Crippen LogP) is 0.414. The fourth-order valence-corrected chi connectivity index (χ4v) is 1.43. The fourth-order valence-electron chi connectivity index (χ4n) is 1.43. The third-order valence-electron chi connectivity index (χ3n) is 2.34. The molecule has 0 spiro atoms. The number of benzene rings is 1. The summed E-state index contributed by atoms with van der Waals surface area (Å²) in [6.45, 7) is 0.972. The van der Waals surface area contributed by atoms with Crippen molar-refractivity contribution < 1.29 is 19.4 Å². The number of rotatable bonds is 7. The molecular weight excluding hydrogens is 236 g/mol. The van der Waals surface area contributed by atoms with Crippen molar-refractivity contribution in [1.82, 2.24) is 5.32 Å². The van der Waals surface area contributed by atoms with Gasteiger partial charge in [0.05, 0.1) is 13.2 Å². The van der Waals surface area contributed by atoms with Crippen molar-refractivity contribution in [3.8, 4) is 5.75 Å². The zero-order valence-corrected chi connectivity index (χ0v) is 10.3. The van der Waals surface area contributed by atoms with Crippen LogP contribution in [0.25, 0.3) is 0 Å². The summed E-state index contributed by atoms with van der Waals surface area (Å²) in [5, 5.41) is 12.9. The highest BCUT2D eigenvalue weighted by molar-refractivity contribution is 5.64. The Morgan fingerprint density at radius 2 is 2.33 bits per heavy atom. The van der Waals surface area contributed by atoms with Crippen LogP contribution in [0, 0.1) is 0 Å². The number of primary amides is 1. The summed E-state index contributed by atoms with van der Waals surface area (Å²) in [4.78, 5) is 10.3. The third-order valence-corrected chi connectivity index (χ3v) is 2.34. The molecule has 18 heavy (non-hydrogen) atoms. The maximum Gasteiger partial charge on any atom is 0.404 e. The number of methoxy groups -OCH3 is 1. The summed E-state index contributed by atoms with van der Waals surface area (Å²) in [5.74, 6) is 0.698. The van der Waals surface area contributed by atoms with E-state index in [-0.39, 0.29) is 6.61 Å². The van der Waals surface area contributed by atoms with Gasteiger partial charge in [0, 0.05) is 13.1 Å². The monoisotopic (exact) mass is 254 g/mol. The second kappa shape index (κ2) is 7.52. The molecule has 0 aliphatic heterocycles. The molecule has 1 unspecified atom stereocenters. The lowest BCUT2D eigenvalue weighted by Crippen LogP contribution is -2.27. The van der Waals surface area contributed by atoms with Gasteiger partial charge in [0.25, 0.3) is 0 Å². The van der Waals surface area contributed by atoms with Gasteiger partial charge >= 0.3 is 6.09 Å². The molecule has 0 bridgehead atoms. The lowest BCUT2D eigenvalue weighted by atomic mass is 10.1. The van der Waals surface area contributed by atoms with E-state index in [1.807, 2.05) is 18.2 Å². The third kappa shape index (κ3) is 5.03. The molecule has 0 radical (unpaired) electrons. The van der Waals surface area contributed by atoms with Gasteiger partial charge in [-0.05, 0) is 17.7 Å². The lowest BCUT2D eigenvalue weighted by Gasteiger charge is -2.13.